The van der Waals surface area contributed by atoms with Crippen LogP contribution in [0.5, 0.6) is 11.5 Å². The molecule has 0 saturated carbocycles. The number of ether oxygens (including phenoxy) is 2. The maximum Gasteiger partial charge on any atom is 0.297 e. The topological polar surface area (TPSA) is 81.9 Å². The first kappa shape index (κ1) is 19.3. The van der Waals surface area contributed by atoms with Gasteiger partial charge >= 0.3 is 0 Å². The molecule has 3 heterocycles. The van der Waals surface area contributed by atoms with Gasteiger partial charge in [0.1, 0.15) is 23.1 Å². The third-order valence-electron chi connectivity index (χ3n) is 5.21. The third kappa shape index (κ3) is 2.98. The maximum absolute atomic E-state index is 13.6. The fourth-order valence-corrected chi connectivity index (χ4v) is 4.59. The lowest BCUT2D eigenvalue weighted by Crippen LogP contribution is -2.29. The van der Waals surface area contributed by atoms with E-state index in [-0.39, 0.29) is 16.8 Å². The van der Waals surface area contributed by atoms with Crippen molar-refractivity contribution in [2.75, 3.05) is 18.6 Å². The Kier molecular flexibility index (Phi) is 4.71. The molecule has 0 saturated heterocycles. The number of aromatic nitrogens is 1. The fraction of sp³-hybridized carbons (Fsp3) is 0.174. The van der Waals surface area contributed by atoms with Crippen molar-refractivity contribution in [3.8, 4) is 11.5 Å². The second kappa shape index (κ2) is 7.55. The molecule has 1 aliphatic heterocycles. The molecule has 2 aromatic carbocycles. The SMILES string of the molecule is CCOc1ccc2c(=O)c3c(oc2c1)C(=O)N(c1nccs1)C3c1ccccc1OC. The molecule has 1 atom stereocenters. The number of carbonyl (C=O) groups excluding carboxylic acids is 1. The van der Waals surface area contributed by atoms with E-state index in [1.54, 1.807) is 43.0 Å². The van der Waals surface area contributed by atoms with Gasteiger partial charge in [-0.3, -0.25) is 14.5 Å². The number of rotatable bonds is 5. The molecule has 8 heteroatoms. The molecule has 31 heavy (non-hydrogen) atoms. The lowest BCUT2D eigenvalue weighted by atomic mass is 9.98. The minimum Gasteiger partial charge on any atom is -0.496 e. The average Bonchev–Trinajstić information content (AvgIpc) is 3.41. The molecule has 1 aliphatic rings. The zero-order valence-electron chi connectivity index (χ0n) is 16.8. The number of amides is 1. The number of nitrogens with zero attached hydrogens (tertiary/aromatic N) is 2. The van der Waals surface area contributed by atoms with Gasteiger partial charge in [-0.25, -0.2) is 4.98 Å². The molecule has 0 spiro atoms. The van der Waals surface area contributed by atoms with E-state index in [0.29, 0.717) is 39.8 Å². The van der Waals surface area contributed by atoms with E-state index in [2.05, 4.69) is 4.98 Å². The zero-order valence-corrected chi connectivity index (χ0v) is 17.6. The monoisotopic (exact) mass is 434 g/mol. The molecule has 0 aliphatic carbocycles. The van der Waals surface area contributed by atoms with Gasteiger partial charge in [0.2, 0.25) is 5.76 Å². The van der Waals surface area contributed by atoms with Gasteiger partial charge in [0.15, 0.2) is 10.6 Å². The molecule has 1 unspecified atom stereocenters. The average molecular weight is 434 g/mol. The first-order chi connectivity index (χ1) is 15.1. The van der Waals surface area contributed by atoms with Crippen LogP contribution in [0.25, 0.3) is 11.0 Å². The van der Waals surface area contributed by atoms with E-state index in [1.807, 2.05) is 25.1 Å². The normalized spacial score (nSPS) is 15.4. The molecule has 0 radical (unpaired) electrons. The summed E-state index contributed by atoms with van der Waals surface area (Å²) >= 11 is 1.32. The van der Waals surface area contributed by atoms with Crippen molar-refractivity contribution in [1.82, 2.24) is 4.98 Å². The van der Waals surface area contributed by atoms with Crippen LogP contribution < -0.4 is 19.8 Å². The highest BCUT2D eigenvalue weighted by atomic mass is 32.1. The second-order valence-corrected chi connectivity index (χ2v) is 7.77. The van der Waals surface area contributed by atoms with Gasteiger partial charge in [-0.05, 0) is 25.1 Å². The Labute approximate surface area is 181 Å². The number of hydrogen-bond acceptors (Lipinski definition) is 7. The number of anilines is 1. The summed E-state index contributed by atoms with van der Waals surface area (Å²) in [6.45, 7) is 2.35. The van der Waals surface area contributed by atoms with Crippen LogP contribution in [0.15, 0.2) is 63.3 Å². The Hall–Kier alpha value is -3.65. The van der Waals surface area contributed by atoms with Crippen molar-refractivity contribution in [2.45, 2.75) is 13.0 Å². The number of fused-ring (bicyclic) bond motifs is 2. The van der Waals surface area contributed by atoms with Crippen molar-refractivity contribution in [1.29, 1.82) is 0 Å². The van der Waals surface area contributed by atoms with Crippen LogP contribution in [0.4, 0.5) is 5.13 Å². The highest BCUT2D eigenvalue weighted by Crippen LogP contribution is 2.44. The number of para-hydroxylation sites is 1. The van der Waals surface area contributed by atoms with Crippen molar-refractivity contribution < 1.29 is 18.7 Å². The molecule has 1 amide bonds. The minimum atomic E-state index is -0.711. The number of thiazole rings is 1. The van der Waals surface area contributed by atoms with Crippen LogP contribution in [0.1, 0.15) is 34.6 Å². The van der Waals surface area contributed by atoms with Crippen LogP contribution in [0.2, 0.25) is 0 Å². The molecule has 0 bridgehead atoms. The van der Waals surface area contributed by atoms with Crippen LogP contribution in [-0.4, -0.2) is 24.6 Å². The molecule has 2 aromatic heterocycles. The molecule has 4 aromatic rings. The van der Waals surface area contributed by atoms with Crippen molar-refractivity contribution >= 4 is 33.3 Å². The van der Waals surface area contributed by atoms with E-state index < -0.39 is 11.9 Å². The largest absolute Gasteiger partial charge is 0.496 e. The molecule has 0 fully saturated rings. The molecular weight excluding hydrogens is 416 g/mol. The van der Waals surface area contributed by atoms with E-state index >= 15 is 0 Å². The summed E-state index contributed by atoms with van der Waals surface area (Å²) < 4.78 is 17.1. The summed E-state index contributed by atoms with van der Waals surface area (Å²) in [7, 11) is 1.56. The molecule has 7 nitrogen and oxygen atoms in total. The van der Waals surface area contributed by atoms with Gasteiger partial charge in [0.25, 0.3) is 5.91 Å². The highest BCUT2D eigenvalue weighted by Gasteiger charge is 2.45. The van der Waals surface area contributed by atoms with Gasteiger partial charge in [0, 0.05) is 23.2 Å². The van der Waals surface area contributed by atoms with Crippen LogP contribution in [0, 0.1) is 0 Å². The smallest absolute Gasteiger partial charge is 0.297 e. The lowest BCUT2D eigenvalue weighted by molar-refractivity contribution is 0.0970. The Morgan fingerprint density at radius 1 is 1.19 bits per heavy atom. The Balaban J connectivity index is 1.80. The predicted octanol–water partition coefficient (Wildman–Crippen LogP) is 4.41. The number of carbonyl (C=O) groups is 1. The maximum atomic E-state index is 13.6. The molecule has 156 valence electrons. The summed E-state index contributed by atoms with van der Waals surface area (Å²) in [4.78, 5) is 32.9. The first-order valence-corrected chi connectivity index (χ1v) is 10.6. The lowest BCUT2D eigenvalue weighted by Gasteiger charge is -2.24. The summed E-state index contributed by atoms with van der Waals surface area (Å²) in [6, 6.07) is 11.6. The van der Waals surface area contributed by atoms with E-state index in [0.717, 1.165) is 0 Å². The van der Waals surface area contributed by atoms with Crippen LogP contribution in [0.3, 0.4) is 0 Å². The first-order valence-electron chi connectivity index (χ1n) is 9.73. The molecule has 0 N–H and O–H groups in total. The van der Waals surface area contributed by atoms with E-state index in [4.69, 9.17) is 13.9 Å². The summed E-state index contributed by atoms with van der Waals surface area (Å²) in [6.07, 6.45) is 1.62. The second-order valence-electron chi connectivity index (χ2n) is 6.90. The Morgan fingerprint density at radius 3 is 2.77 bits per heavy atom. The fourth-order valence-electron chi connectivity index (χ4n) is 3.93. The van der Waals surface area contributed by atoms with Gasteiger partial charge in [-0.1, -0.05) is 18.2 Å². The highest BCUT2D eigenvalue weighted by molar-refractivity contribution is 7.13. The summed E-state index contributed by atoms with van der Waals surface area (Å²) in [5.74, 6) is 0.737. The van der Waals surface area contributed by atoms with E-state index in [1.165, 1.54) is 16.2 Å². The van der Waals surface area contributed by atoms with Gasteiger partial charge in [-0.2, -0.15) is 0 Å². The molecular formula is C23H18N2O5S. The zero-order chi connectivity index (χ0) is 21.5. The minimum absolute atomic E-state index is 0.0113. The Bertz CT molecular complexity index is 1350. The molecule has 5 rings (SSSR count). The van der Waals surface area contributed by atoms with Crippen LogP contribution >= 0.6 is 11.3 Å². The van der Waals surface area contributed by atoms with Gasteiger partial charge < -0.3 is 13.9 Å². The van der Waals surface area contributed by atoms with Crippen LogP contribution in [-0.2, 0) is 0 Å². The summed E-state index contributed by atoms with van der Waals surface area (Å²) in [5, 5.41) is 2.65. The van der Waals surface area contributed by atoms with E-state index in [9.17, 15) is 9.59 Å². The van der Waals surface area contributed by atoms with Gasteiger partial charge in [-0.15, -0.1) is 11.3 Å². The third-order valence-corrected chi connectivity index (χ3v) is 5.98. The van der Waals surface area contributed by atoms with Crippen molar-refractivity contribution in [2.24, 2.45) is 0 Å². The Morgan fingerprint density at radius 2 is 2.03 bits per heavy atom. The standard InChI is InChI=1S/C23H18N2O5S/c1-3-29-13-8-9-15-17(12-13)30-21-18(20(15)26)19(14-6-4-5-7-16(14)28-2)25(22(21)27)23-24-10-11-31-23/h4-12,19H,3H2,1-2H3. The quantitative estimate of drug-likeness (QED) is 0.463. The van der Waals surface area contributed by atoms with Gasteiger partial charge in [0.05, 0.1) is 24.7 Å². The van der Waals surface area contributed by atoms with Crippen molar-refractivity contribution in [3.63, 3.8) is 0 Å². The number of hydrogen-bond donors (Lipinski definition) is 0. The summed E-state index contributed by atoms with van der Waals surface area (Å²) in [5.41, 5.74) is 1.01. The predicted molar refractivity (Wildman–Crippen MR) is 117 cm³/mol. The number of benzene rings is 2. The number of methoxy groups -OCH3 is 1. The van der Waals surface area contributed by atoms with Crippen molar-refractivity contribution in [3.05, 3.63) is 81.2 Å².